The second-order valence-electron chi connectivity index (χ2n) is 5.81. The van der Waals surface area contributed by atoms with Gasteiger partial charge in [-0.25, -0.2) is 9.37 Å². The highest BCUT2D eigenvalue weighted by molar-refractivity contribution is 5.75. The molecule has 6 heteroatoms. The first-order valence-corrected chi connectivity index (χ1v) is 8.19. The lowest BCUT2D eigenvalue weighted by atomic mass is 9.93. The van der Waals surface area contributed by atoms with Crippen LogP contribution in [-0.2, 0) is 4.79 Å². The molecule has 2 heterocycles. The van der Waals surface area contributed by atoms with E-state index in [-0.39, 0.29) is 17.6 Å². The molecule has 1 saturated heterocycles. The summed E-state index contributed by atoms with van der Waals surface area (Å²) in [4.78, 5) is 22.4. The van der Waals surface area contributed by atoms with Crippen molar-refractivity contribution in [2.75, 3.05) is 13.1 Å². The maximum atomic E-state index is 13.3. The Morgan fingerprint density at radius 1 is 1.29 bits per heavy atom. The number of likely N-dealkylation sites (tertiary alicyclic amines) is 1. The Bertz CT molecular complexity index is 715. The van der Waals surface area contributed by atoms with Crippen LogP contribution in [0.3, 0.4) is 0 Å². The van der Waals surface area contributed by atoms with Crippen molar-refractivity contribution in [2.45, 2.75) is 32.1 Å². The average molecular weight is 329 g/mol. The van der Waals surface area contributed by atoms with Crippen molar-refractivity contribution in [3.8, 4) is 11.6 Å². The molecule has 0 aliphatic carbocycles. The monoisotopic (exact) mass is 329 g/mol. The second-order valence-corrected chi connectivity index (χ2v) is 5.81. The highest BCUT2D eigenvalue weighted by Gasteiger charge is 2.26. The maximum Gasteiger partial charge on any atom is 0.241 e. The first-order valence-electron chi connectivity index (χ1n) is 8.19. The summed E-state index contributed by atoms with van der Waals surface area (Å²) in [6, 6.07) is 5.96. The molecule has 0 atom stereocenters. The number of hydrogen-bond donors (Lipinski definition) is 0. The fourth-order valence-corrected chi connectivity index (χ4v) is 2.96. The number of nitrogens with zero attached hydrogens (tertiary/aromatic N) is 3. The van der Waals surface area contributed by atoms with Gasteiger partial charge in [-0.2, -0.15) is 0 Å². The van der Waals surface area contributed by atoms with Gasteiger partial charge in [-0.15, -0.1) is 0 Å². The van der Waals surface area contributed by atoms with E-state index in [1.54, 1.807) is 24.5 Å². The van der Waals surface area contributed by atoms with Gasteiger partial charge in [0.15, 0.2) is 0 Å². The third-order valence-electron chi connectivity index (χ3n) is 4.24. The SMILES string of the molecule is CCC(=O)N1CCC(c2nccnc2Oc2cccc(F)c2)CC1. The highest BCUT2D eigenvalue weighted by atomic mass is 19.1. The Balaban J connectivity index is 1.74. The zero-order chi connectivity index (χ0) is 16.9. The molecule has 0 spiro atoms. The van der Waals surface area contributed by atoms with Crippen LogP contribution in [0.25, 0.3) is 0 Å². The fourth-order valence-electron chi connectivity index (χ4n) is 2.96. The van der Waals surface area contributed by atoms with E-state index in [9.17, 15) is 9.18 Å². The first kappa shape index (κ1) is 16.4. The van der Waals surface area contributed by atoms with Gasteiger partial charge in [-0.1, -0.05) is 13.0 Å². The van der Waals surface area contributed by atoms with Crippen molar-refractivity contribution < 1.29 is 13.9 Å². The number of rotatable bonds is 4. The van der Waals surface area contributed by atoms with Crippen LogP contribution in [0.5, 0.6) is 11.6 Å². The predicted octanol–water partition coefficient (Wildman–Crippen LogP) is 3.52. The predicted molar refractivity (Wildman–Crippen MR) is 87.4 cm³/mol. The zero-order valence-corrected chi connectivity index (χ0v) is 13.6. The molecular weight excluding hydrogens is 309 g/mol. The van der Waals surface area contributed by atoms with Gasteiger partial charge in [0, 0.05) is 43.9 Å². The third kappa shape index (κ3) is 3.69. The van der Waals surface area contributed by atoms with E-state index >= 15 is 0 Å². The third-order valence-corrected chi connectivity index (χ3v) is 4.24. The molecule has 1 fully saturated rings. The smallest absolute Gasteiger partial charge is 0.241 e. The lowest BCUT2D eigenvalue weighted by molar-refractivity contribution is -0.131. The van der Waals surface area contributed by atoms with Crippen LogP contribution in [0.1, 0.15) is 37.8 Å². The molecule has 0 N–H and O–H groups in total. The molecule has 5 nitrogen and oxygen atoms in total. The Hall–Kier alpha value is -2.50. The van der Waals surface area contributed by atoms with Gasteiger partial charge in [0.2, 0.25) is 11.8 Å². The molecule has 1 aliphatic rings. The van der Waals surface area contributed by atoms with Crippen LogP contribution >= 0.6 is 0 Å². The van der Waals surface area contributed by atoms with E-state index < -0.39 is 0 Å². The average Bonchev–Trinajstić information content (AvgIpc) is 2.62. The summed E-state index contributed by atoms with van der Waals surface area (Å²) in [5.74, 6) is 0.815. The zero-order valence-electron chi connectivity index (χ0n) is 13.6. The van der Waals surface area contributed by atoms with Gasteiger partial charge in [0.1, 0.15) is 17.3 Å². The van der Waals surface area contributed by atoms with Gasteiger partial charge in [-0.3, -0.25) is 9.78 Å². The molecule has 0 saturated carbocycles. The number of halogens is 1. The Morgan fingerprint density at radius 2 is 2.04 bits per heavy atom. The van der Waals surface area contributed by atoms with Gasteiger partial charge < -0.3 is 9.64 Å². The van der Waals surface area contributed by atoms with Crippen LogP contribution < -0.4 is 4.74 Å². The van der Waals surface area contributed by atoms with Crippen molar-refractivity contribution in [2.24, 2.45) is 0 Å². The number of amides is 1. The minimum Gasteiger partial charge on any atom is -0.437 e. The highest BCUT2D eigenvalue weighted by Crippen LogP contribution is 2.33. The summed E-state index contributed by atoms with van der Waals surface area (Å²) in [5, 5.41) is 0. The lowest BCUT2D eigenvalue weighted by Gasteiger charge is -2.31. The molecule has 126 valence electrons. The summed E-state index contributed by atoms with van der Waals surface area (Å²) in [7, 11) is 0. The summed E-state index contributed by atoms with van der Waals surface area (Å²) in [6.07, 6.45) is 5.38. The normalized spacial score (nSPS) is 15.3. The molecule has 0 unspecified atom stereocenters. The van der Waals surface area contributed by atoms with Gasteiger partial charge in [0.25, 0.3) is 0 Å². The summed E-state index contributed by atoms with van der Waals surface area (Å²) < 4.78 is 19.1. The molecule has 0 bridgehead atoms. The minimum absolute atomic E-state index is 0.183. The van der Waals surface area contributed by atoms with E-state index in [0.717, 1.165) is 18.5 Å². The molecule has 1 aromatic carbocycles. The van der Waals surface area contributed by atoms with Crippen molar-refractivity contribution in [1.29, 1.82) is 0 Å². The van der Waals surface area contributed by atoms with Gasteiger partial charge in [-0.05, 0) is 25.0 Å². The van der Waals surface area contributed by atoms with E-state index in [0.29, 0.717) is 31.1 Å². The Morgan fingerprint density at radius 3 is 2.75 bits per heavy atom. The number of carbonyl (C=O) groups excluding carboxylic acids is 1. The van der Waals surface area contributed by atoms with E-state index in [1.165, 1.54) is 12.1 Å². The standard InChI is InChI=1S/C18H20FN3O2/c1-2-16(23)22-10-6-13(7-11-22)17-18(21-9-8-20-17)24-15-5-3-4-14(19)12-15/h3-5,8-9,12-13H,2,6-7,10-11H2,1H3. The summed E-state index contributed by atoms with van der Waals surface area (Å²) in [5.41, 5.74) is 0.769. The quantitative estimate of drug-likeness (QED) is 0.861. The minimum atomic E-state index is -0.357. The summed E-state index contributed by atoms with van der Waals surface area (Å²) in [6.45, 7) is 3.31. The summed E-state index contributed by atoms with van der Waals surface area (Å²) >= 11 is 0. The fraction of sp³-hybridized carbons (Fsp3) is 0.389. The van der Waals surface area contributed by atoms with Crippen LogP contribution in [-0.4, -0.2) is 33.9 Å². The Kier molecular flexibility index (Phi) is 5.03. The molecule has 1 amide bonds. The van der Waals surface area contributed by atoms with Crippen molar-refractivity contribution in [3.63, 3.8) is 0 Å². The van der Waals surface area contributed by atoms with Crippen molar-refractivity contribution >= 4 is 5.91 Å². The maximum absolute atomic E-state index is 13.3. The lowest BCUT2D eigenvalue weighted by Crippen LogP contribution is -2.37. The second kappa shape index (κ2) is 7.38. The molecule has 2 aromatic rings. The Labute approximate surface area is 140 Å². The van der Waals surface area contributed by atoms with Gasteiger partial charge >= 0.3 is 0 Å². The van der Waals surface area contributed by atoms with Crippen LogP contribution in [0.15, 0.2) is 36.7 Å². The van der Waals surface area contributed by atoms with Crippen LogP contribution in [0, 0.1) is 5.82 Å². The number of benzene rings is 1. The first-order chi connectivity index (χ1) is 11.7. The van der Waals surface area contributed by atoms with E-state index in [1.807, 2.05) is 11.8 Å². The molecule has 3 rings (SSSR count). The number of ether oxygens (including phenoxy) is 1. The molecule has 1 aromatic heterocycles. The largest absolute Gasteiger partial charge is 0.437 e. The number of aromatic nitrogens is 2. The molecular formula is C18H20FN3O2. The molecule has 24 heavy (non-hydrogen) atoms. The van der Waals surface area contributed by atoms with Crippen LogP contribution in [0.4, 0.5) is 4.39 Å². The van der Waals surface area contributed by atoms with Gasteiger partial charge in [0.05, 0.1) is 0 Å². The van der Waals surface area contributed by atoms with Crippen molar-refractivity contribution in [3.05, 3.63) is 48.2 Å². The molecule has 0 radical (unpaired) electrons. The van der Waals surface area contributed by atoms with E-state index in [2.05, 4.69) is 9.97 Å². The van der Waals surface area contributed by atoms with Crippen molar-refractivity contribution in [1.82, 2.24) is 14.9 Å². The topological polar surface area (TPSA) is 55.3 Å². The number of hydrogen-bond acceptors (Lipinski definition) is 4. The number of carbonyl (C=O) groups is 1. The molecule has 1 aliphatic heterocycles. The van der Waals surface area contributed by atoms with E-state index in [4.69, 9.17) is 4.74 Å². The van der Waals surface area contributed by atoms with Crippen LogP contribution in [0.2, 0.25) is 0 Å². The number of piperidine rings is 1.